The van der Waals surface area contributed by atoms with Crippen LogP contribution in [0.2, 0.25) is 0 Å². The minimum absolute atomic E-state index is 0.409. The lowest BCUT2D eigenvalue weighted by molar-refractivity contribution is 0.182. The van der Waals surface area contributed by atoms with Gasteiger partial charge in [0.1, 0.15) is 10.0 Å². The molecule has 0 aliphatic carbocycles. The number of thiophene rings is 1. The zero-order valence-electron chi connectivity index (χ0n) is 15.1. The number of piperazine rings is 1. The van der Waals surface area contributed by atoms with E-state index in [-0.39, 0.29) is 0 Å². The summed E-state index contributed by atoms with van der Waals surface area (Å²) in [6.07, 6.45) is 3.87. The van der Waals surface area contributed by atoms with Gasteiger partial charge < -0.3 is 4.57 Å². The molecule has 138 valence electrons. The van der Waals surface area contributed by atoms with Gasteiger partial charge in [-0.25, -0.2) is 13.4 Å². The molecule has 6 nitrogen and oxygen atoms in total. The van der Waals surface area contributed by atoms with E-state index in [0.717, 1.165) is 36.9 Å². The lowest BCUT2D eigenvalue weighted by Crippen LogP contribution is -2.49. The van der Waals surface area contributed by atoms with E-state index < -0.39 is 10.0 Å². The van der Waals surface area contributed by atoms with Gasteiger partial charge in [-0.2, -0.15) is 4.31 Å². The number of hydrogen-bond acceptors (Lipinski definition) is 5. The first-order chi connectivity index (χ1) is 11.9. The van der Waals surface area contributed by atoms with Gasteiger partial charge in [0.25, 0.3) is 10.0 Å². The summed E-state index contributed by atoms with van der Waals surface area (Å²) < 4.78 is 29.6. The molecule has 8 heteroatoms. The van der Waals surface area contributed by atoms with E-state index in [1.54, 1.807) is 10.4 Å². The molecule has 0 atom stereocenters. The maximum atomic E-state index is 12.7. The fraction of sp³-hybridized carbons (Fsp3) is 0.588. The third kappa shape index (κ3) is 4.13. The molecule has 2 aromatic rings. The Morgan fingerprint density at radius 3 is 2.48 bits per heavy atom. The van der Waals surface area contributed by atoms with Crippen LogP contribution in [-0.2, 0) is 16.6 Å². The predicted molar refractivity (Wildman–Crippen MR) is 101 cm³/mol. The second-order valence-electron chi connectivity index (χ2n) is 6.74. The van der Waals surface area contributed by atoms with E-state index in [9.17, 15) is 8.42 Å². The number of imidazole rings is 1. The van der Waals surface area contributed by atoms with Crippen molar-refractivity contribution >= 4 is 21.4 Å². The van der Waals surface area contributed by atoms with Gasteiger partial charge in [-0.05, 0) is 19.1 Å². The summed E-state index contributed by atoms with van der Waals surface area (Å²) in [7, 11) is -3.33. The maximum Gasteiger partial charge on any atom is 0.252 e. The third-order valence-electron chi connectivity index (χ3n) is 4.56. The molecule has 0 N–H and O–H groups in total. The van der Waals surface area contributed by atoms with Crippen molar-refractivity contribution in [1.82, 2.24) is 18.8 Å². The molecule has 3 rings (SSSR count). The van der Waals surface area contributed by atoms with E-state index >= 15 is 0 Å². The molecule has 25 heavy (non-hydrogen) atoms. The topological polar surface area (TPSA) is 58.4 Å². The van der Waals surface area contributed by atoms with Crippen molar-refractivity contribution < 1.29 is 8.42 Å². The molecule has 1 aliphatic heterocycles. The molecule has 0 spiro atoms. The van der Waals surface area contributed by atoms with Crippen molar-refractivity contribution in [2.45, 2.75) is 37.4 Å². The Bertz CT molecular complexity index is 802. The monoisotopic (exact) mass is 382 g/mol. The zero-order chi connectivity index (χ0) is 18.0. The molecular weight excluding hydrogens is 356 g/mol. The van der Waals surface area contributed by atoms with Crippen molar-refractivity contribution in [3.05, 3.63) is 35.2 Å². The molecule has 0 radical (unpaired) electrons. The molecule has 1 fully saturated rings. The van der Waals surface area contributed by atoms with E-state index in [1.165, 1.54) is 11.3 Å². The molecule has 1 aliphatic rings. The average Bonchev–Trinajstić information content (AvgIpc) is 3.22. The minimum atomic E-state index is -3.33. The Hall–Kier alpha value is -1.22. The van der Waals surface area contributed by atoms with Crippen LogP contribution < -0.4 is 0 Å². The Morgan fingerprint density at radius 1 is 1.16 bits per heavy atom. The van der Waals surface area contributed by atoms with Crippen LogP contribution in [0.3, 0.4) is 0 Å². The van der Waals surface area contributed by atoms with Gasteiger partial charge in [0.15, 0.2) is 0 Å². The largest absolute Gasteiger partial charge is 0.333 e. The fourth-order valence-electron chi connectivity index (χ4n) is 3.13. The van der Waals surface area contributed by atoms with Crippen LogP contribution in [0.4, 0.5) is 0 Å². The number of aryl methyl sites for hydroxylation is 1. The van der Waals surface area contributed by atoms with Gasteiger partial charge in [-0.15, -0.1) is 11.3 Å². The highest BCUT2D eigenvalue weighted by atomic mass is 32.2. The van der Waals surface area contributed by atoms with Gasteiger partial charge in [0, 0.05) is 62.5 Å². The zero-order valence-corrected chi connectivity index (χ0v) is 16.7. The average molecular weight is 383 g/mol. The van der Waals surface area contributed by atoms with Crippen molar-refractivity contribution in [1.29, 1.82) is 0 Å². The van der Waals surface area contributed by atoms with Gasteiger partial charge in [0.2, 0.25) is 0 Å². The Balaban J connectivity index is 1.54. The van der Waals surface area contributed by atoms with Crippen LogP contribution >= 0.6 is 11.3 Å². The van der Waals surface area contributed by atoms with Crippen LogP contribution in [0.25, 0.3) is 0 Å². The second-order valence-corrected chi connectivity index (χ2v) is 10.2. The van der Waals surface area contributed by atoms with Gasteiger partial charge in [-0.3, -0.25) is 4.90 Å². The summed E-state index contributed by atoms with van der Waals surface area (Å²) in [4.78, 5) is 7.77. The summed E-state index contributed by atoms with van der Waals surface area (Å²) in [5.74, 6) is 1.51. The molecule has 1 saturated heterocycles. The number of nitrogens with zero attached hydrogens (tertiary/aromatic N) is 4. The van der Waals surface area contributed by atoms with E-state index in [2.05, 4.69) is 28.3 Å². The lowest BCUT2D eigenvalue weighted by atomic mass is 10.2. The van der Waals surface area contributed by atoms with E-state index in [0.29, 0.717) is 23.2 Å². The smallest absolute Gasteiger partial charge is 0.252 e. The maximum absolute atomic E-state index is 12.7. The van der Waals surface area contributed by atoms with Gasteiger partial charge in [0.05, 0.1) is 0 Å². The first-order valence-corrected chi connectivity index (χ1v) is 10.9. The van der Waals surface area contributed by atoms with Crippen LogP contribution in [0.1, 0.15) is 30.5 Å². The minimum Gasteiger partial charge on any atom is -0.333 e. The van der Waals surface area contributed by atoms with Crippen molar-refractivity contribution in [2.24, 2.45) is 0 Å². The number of sulfonamides is 1. The summed E-state index contributed by atoms with van der Waals surface area (Å²) in [5.41, 5.74) is 0. The Morgan fingerprint density at radius 2 is 1.88 bits per heavy atom. The molecule has 3 heterocycles. The molecule has 0 saturated carbocycles. The fourth-order valence-corrected chi connectivity index (χ4v) is 5.99. The molecule has 0 amide bonds. The standard InChI is InChI=1S/C17H26N4O2S2/c1-14(2)17-18-6-7-20(17)11-8-19-9-12-21(13-10-19)25(22,23)16-5-4-15(3)24-16/h4-7,14H,8-13H2,1-3H3. The second kappa shape index (κ2) is 7.57. The van der Waals surface area contributed by atoms with Crippen LogP contribution in [0.15, 0.2) is 28.7 Å². The molecule has 0 aromatic carbocycles. The van der Waals surface area contributed by atoms with Crippen molar-refractivity contribution in [3.8, 4) is 0 Å². The third-order valence-corrected chi connectivity index (χ3v) is 7.93. The van der Waals surface area contributed by atoms with Gasteiger partial charge >= 0.3 is 0 Å². The lowest BCUT2D eigenvalue weighted by Gasteiger charge is -2.33. The van der Waals surface area contributed by atoms with Crippen LogP contribution in [-0.4, -0.2) is 59.9 Å². The van der Waals surface area contributed by atoms with E-state index in [4.69, 9.17) is 0 Å². The summed E-state index contributed by atoms with van der Waals surface area (Å²) in [6.45, 7) is 10.7. The van der Waals surface area contributed by atoms with Crippen molar-refractivity contribution in [2.75, 3.05) is 32.7 Å². The van der Waals surface area contributed by atoms with Gasteiger partial charge in [-0.1, -0.05) is 13.8 Å². The van der Waals surface area contributed by atoms with Crippen LogP contribution in [0.5, 0.6) is 0 Å². The summed E-state index contributed by atoms with van der Waals surface area (Å²) >= 11 is 1.35. The normalized spacial score (nSPS) is 17.4. The quantitative estimate of drug-likeness (QED) is 0.770. The first-order valence-electron chi connectivity index (χ1n) is 8.68. The molecule has 2 aromatic heterocycles. The molecular formula is C17H26N4O2S2. The predicted octanol–water partition coefficient (Wildman–Crippen LogP) is 2.38. The Kier molecular flexibility index (Phi) is 5.62. The van der Waals surface area contributed by atoms with Crippen molar-refractivity contribution in [3.63, 3.8) is 0 Å². The summed E-state index contributed by atoms with van der Waals surface area (Å²) in [5, 5.41) is 0. The number of hydrogen-bond donors (Lipinski definition) is 0. The number of aromatic nitrogens is 2. The molecule has 0 unspecified atom stereocenters. The SMILES string of the molecule is Cc1ccc(S(=O)(=O)N2CCN(CCn3ccnc3C(C)C)CC2)s1. The van der Waals surface area contributed by atoms with E-state index in [1.807, 2.05) is 25.4 Å². The Labute approximate surface area is 154 Å². The highest BCUT2D eigenvalue weighted by molar-refractivity contribution is 7.91. The number of rotatable bonds is 6. The first kappa shape index (κ1) is 18.6. The summed E-state index contributed by atoms with van der Waals surface area (Å²) in [6, 6.07) is 3.58. The van der Waals surface area contributed by atoms with Crippen LogP contribution in [0, 0.1) is 6.92 Å². The molecule has 0 bridgehead atoms. The highest BCUT2D eigenvalue weighted by Gasteiger charge is 2.29. The highest BCUT2D eigenvalue weighted by Crippen LogP contribution is 2.25.